The Bertz CT molecular complexity index is 1000. The second-order valence-electron chi connectivity index (χ2n) is 7.30. The minimum atomic E-state index is -3.58. The number of carbonyl (C=O) groups excluding carboxylic acids is 1. The Morgan fingerprint density at radius 2 is 1.66 bits per heavy atom. The molecule has 156 valence electrons. The van der Waals surface area contributed by atoms with Crippen LogP contribution in [0.5, 0.6) is 0 Å². The number of anilines is 2. The molecule has 0 bridgehead atoms. The molecule has 3 rings (SSSR count). The van der Waals surface area contributed by atoms with E-state index < -0.39 is 10.0 Å². The van der Waals surface area contributed by atoms with Gasteiger partial charge in [0.25, 0.3) is 0 Å². The molecule has 0 aliphatic carbocycles. The Kier molecular flexibility index (Phi) is 6.54. The normalized spacial score (nSPS) is 15.1. The molecule has 2 N–H and O–H groups in total. The molecule has 1 heterocycles. The SMILES string of the molecule is Cc1ccc(F)cc1NCC(=O)Nc1cc(S(=O)(=O)N2CCCCC2)ccc1C. The minimum absolute atomic E-state index is 0.0627. The summed E-state index contributed by atoms with van der Waals surface area (Å²) in [7, 11) is -3.58. The first-order chi connectivity index (χ1) is 13.8. The maximum atomic E-state index is 13.4. The average Bonchev–Trinajstić information content (AvgIpc) is 2.71. The standard InChI is InChI=1S/C21H26FN3O3S/c1-15-6-8-17(22)12-19(15)23-14-21(26)24-20-13-18(9-7-16(20)2)29(27,28)25-10-4-3-5-11-25/h6-9,12-13,23H,3-5,10-11,14H2,1-2H3,(H,24,26). The highest BCUT2D eigenvalue weighted by Crippen LogP contribution is 2.25. The molecule has 0 saturated carbocycles. The van der Waals surface area contributed by atoms with Crippen LogP contribution in [-0.4, -0.2) is 38.3 Å². The highest BCUT2D eigenvalue weighted by atomic mass is 32.2. The fourth-order valence-corrected chi connectivity index (χ4v) is 4.85. The Balaban J connectivity index is 1.71. The van der Waals surface area contributed by atoms with E-state index in [9.17, 15) is 17.6 Å². The summed E-state index contributed by atoms with van der Waals surface area (Å²) in [6.07, 6.45) is 2.76. The summed E-state index contributed by atoms with van der Waals surface area (Å²) in [6, 6.07) is 9.09. The first kappa shape index (κ1) is 21.3. The first-order valence-electron chi connectivity index (χ1n) is 9.68. The van der Waals surface area contributed by atoms with E-state index in [0.29, 0.717) is 24.5 Å². The molecule has 2 aromatic carbocycles. The van der Waals surface area contributed by atoms with Gasteiger partial charge in [-0.05, 0) is 62.1 Å². The van der Waals surface area contributed by atoms with Crippen LogP contribution in [0.25, 0.3) is 0 Å². The summed E-state index contributed by atoms with van der Waals surface area (Å²) >= 11 is 0. The number of nitrogens with one attached hydrogen (secondary N) is 2. The van der Waals surface area contributed by atoms with Gasteiger partial charge in [-0.15, -0.1) is 0 Å². The summed E-state index contributed by atoms with van der Waals surface area (Å²) in [5.74, 6) is -0.728. The van der Waals surface area contributed by atoms with Crippen LogP contribution < -0.4 is 10.6 Å². The van der Waals surface area contributed by atoms with Crippen LogP contribution in [0.4, 0.5) is 15.8 Å². The van der Waals surface area contributed by atoms with Gasteiger partial charge in [-0.1, -0.05) is 18.6 Å². The molecule has 29 heavy (non-hydrogen) atoms. The van der Waals surface area contributed by atoms with Crippen LogP contribution in [0, 0.1) is 19.7 Å². The number of carbonyl (C=O) groups is 1. The molecular formula is C21H26FN3O3S. The lowest BCUT2D eigenvalue weighted by atomic mass is 10.2. The Labute approximate surface area is 171 Å². The summed E-state index contributed by atoms with van der Waals surface area (Å²) in [4.78, 5) is 12.5. The summed E-state index contributed by atoms with van der Waals surface area (Å²) < 4.78 is 40.6. The highest BCUT2D eigenvalue weighted by molar-refractivity contribution is 7.89. The van der Waals surface area contributed by atoms with Crippen LogP contribution in [0.2, 0.25) is 0 Å². The number of nitrogens with zero attached hydrogens (tertiary/aromatic N) is 1. The van der Waals surface area contributed by atoms with Crippen molar-refractivity contribution >= 4 is 27.3 Å². The van der Waals surface area contributed by atoms with E-state index in [1.54, 1.807) is 25.1 Å². The molecule has 0 aromatic heterocycles. The van der Waals surface area contributed by atoms with Crippen molar-refractivity contribution in [2.75, 3.05) is 30.3 Å². The van der Waals surface area contributed by atoms with Crippen molar-refractivity contribution in [2.45, 2.75) is 38.0 Å². The molecule has 2 aromatic rings. The van der Waals surface area contributed by atoms with Gasteiger partial charge in [0.15, 0.2) is 0 Å². The van der Waals surface area contributed by atoms with Gasteiger partial charge in [-0.25, -0.2) is 12.8 Å². The molecule has 1 amide bonds. The van der Waals surface area contributed by atoms with Crippen molar-refractivity contribution in [3.63, 3.8) is 0 Å². The predicted octanol–water partition coefficient (Wildman–Crippen LogP) is 3.67. The smallest absolute Gasteiger partial charge is 0.243 e. The van der Waals surface area contributed by atoms with Crippen molar-refractivity contribution in [3.05, 3.63) is 53.3 Å². The van der Waals surface area contributed by atoms with Crippen LogP contribution >= 0.6 is 0 Å². The Morgan fingerprint density at radius 3 is 2.38 bits per heavy atom. The lowest BCUT2D eigenvalue weighted by Gasteiger charge is -2.26. The van der Waals surface area contributed by atoms with E-state index in [4.69, 9.17) is 0 Å². The lowest BCUT2D eigenvalue weighted by molar-refractivity contribution is -0.114. The van der Waals surface area contributed by atoms with Crippen molar-refractivity contribution in [3.8, 4) is 0 Å². The van der Waals surface area contributed by atoms with Crippen LogP contribution in [0.3, 0.4) is 0 Å². The van der Waals surface area contributed by atoms with Crippen molar-refractivity contribution in [1.29, 1.82) is 0 Å². The fourth-order valence-electron chi connectivity index (χ4n) is 3.31. The number of amides is 1. The molecule has 6 nitrogen and oxygen atoms in total. The molecule has 1 fully saturated rings. The van der Waals surface area contributed by atoms with Crippen LogP contribution in [0.1, 0.15) is 30.4 Å². The maximum absolute atomic E-state index is 13.4. The molecule has 1 saturated heterocycles. The molecule has 0 radical (unpaired) electrons. The van der Waals surface area contributed by atoms with Crippen molar-refractivity contribution < 1.29 is 17.6 Å². The third kappa shape index (κ3) is 5.13. The Morgan fingerprint density at radius 1 is 1.00 bits per heavy atom. The largest absolute Gasteiger partial charge is 0.376 e. The van der Waals surface area contributed by atoms with Gasteiger partial charge < -0.3 is 10.6 Å². The molecule has 0 atom stereocenters. The van der Waals surface area contributed by atoms with Gasteiger partial charge in [-0.3, -0.25) is 4.79 Å². The molecule has 1 aliphatic rings. The monoisotopic (exact) mass is 419 g/mol. The van der Waals surface area contributed by atoms with Gasteiger partial charge >= 0.3 is 0 Å². The number of aryl methyl sites for hydroxylation is 2. The molecule has 8 heteroatoms. The lowest BCUT2D eigenvalue weighted by Crippen LogP contribution is -2.35. The zero-order chi connectivity index (χ0) is 21.0. The maximum Gasteiger partial charge on any atom is 0.243 e. The van der Waals surface area contributed by atoms with E-state index in [0.717, 1.165) is 30.4 Å². The van der Waals surface area contributed by atoms with Gasteiger partial charge in [0.1, 0.15) is 5.82 Å². The van der Waals surface area contributed by atoms with Crippen molar-refractivity contribution in [1.82, 2.24) is 4.31 Å². The zero-order valence-electron chi connectivity index (χ0n) is 16.7. The third-order valence-electron chi connectivity index (χ3n) is 5.07. The van der Waals surface area contributed by atoms with Gasteiger partial charge in [-0.2, -0.15) is 4.31 Å². The van der Waals surface area contributed by atoms with E-state index >= 15 is 0 Å². The zero-order valence-corrected chi connectivity index (χ0v) is 17.5. The van der Waals surface area contributed by atoms with E-state index in [1.165, 1.54) is 22.5 Å². The van der Waals surface area contributed by atoms with Gasteiger partial charge in [0.2, 0.25) is 15.9 Å². The number of halogens is 1. The van der Waals surface area contributed by atoms with Crippen LogP contribution in [-0.2, 0) is 14.8 Å². The second-order valence-corrected chi connectivity index (χ2v) is 9.24. The highest BCUT2D eigenvalue weighted by Gasteiger charge is 2.26. The molecule has 0 spiro atoms. The van der Waals surface area contributed by atoms with Crippen molar-refractivity contribution in [2.24, 2.45) is 0 Å². The number of sulfonamides is 1. The predicted molar refractivity (Wildman–Crippen MR) is 112 cm³/mol. The van der Waals surface area contributed by atoms with Gasteiger partial charge in [0, 0.05) is 24.5 Å². The number of piperidine rings is 1. The third-order valence-corrected chi connectivity index (χ3v) is 6.97. The fraction of sp³-hybridized carbons (Fsp3) is 0.381. The number of hydrogen-bond donors (Lipinski definition) is 2. The summed E-state index contributed by atoms with van der Waals surface area (Å²) in [5.41, 5.74) is 2.58. The molecule has 1 aliphatic heterocycles. The van der Waals surface area contributed by atoms with Gasteiger partial charge in [0.05, 0.1) is 11.4 Å². The topological polar surface area (TPSA) is 78.5 Å². The van der Waals surface area contributed by atoms with E-state index in [-0.39, 0.29) is 23.2 Å². The second kappa shape index (κ2) is 8.92. The molecular weight excluding hydrogens is 393 g/mol. The van der Waals surface area contributed by atoms with E-state index in [2.05, 4.69) is 10.6 Å². The number of hydrogen-bond acceptors (Lipinski definition) is 4. The van der Waals surface area contributed by atoms with E-state index in [1.807, 2.05) is 6.92 Å². The van der Waals surface area contributed by atoms with Crippen LogP contribution in [0.15, 0.2) is 41.3 Å². The molecule has 0 unspecified atom stereocenters. The quantitative estimate of drug-likeness (QED) is 0.749. The number of rotatable bonds is 6. The summed E-state index contributed by atoms with van der Waals surface area (Å²) in [6.45, 7) is 4.60. The first-order valence-corrected chi connectivity index (χ1v) is 11.1. The summed E-state index contributed by atoms with van der Waals surface area (Å²) in [5, 5.41) is 5.66. The average molecular weight is 420 g/mol. The Hall–Kier alpha value is -2.45. The number of benzene rings is 2. The minimum Gasteiger partial charge on any atom is -0.376 e.